The summed E-state index contributed by atoms with van der Waals surface area (Å²) in [6, 6.07) is 10.3. The summed E-state index contributed by atoms with van der Waals surface area (Å²) < 4.78 is 27.8. The molecule has 1 aromatic carbocycles. The van der Waals surface area contributed by atoms with Crippen LogP contribution in [0.3, 0.4) is 0 Å². The molecule has 2 aromatic heterocycles. The number of carbonyl (C=O) groups is 1. The van der Waals surface area contributed by atoms with Crippen LogP contribution in [0.1, 0.15) is 28.1 Å². The van der Waals surface area contributed by atoms with Crippen molar-refractivity contribution in [3.8, 4) is 0 Å². The number of anilines is 1. The minimum Gasteiger partial charge on any atom is -0.351 e. The van der Waals surface area contributed by atoms with E-state index in [1.165, 1.54) is 28.6 Å². The zero-order chi connectivity index (χ0) is 24.1. The number of nitrogens with zero attached hydrogens (tertiary/aromatic N) is 4. The van der Waals surface area contributed by atoms with E-state index in [0.29, 0.717) is 36.8 Å². The van der Waals surface area contributed by atoms with E-state index in [-0.39, 0.29) is 28.0 Å². The van der Waals surface area contributed by atoms with Crippen molar-refractivity contribution in [1.29, 1.82) is 0 Å². The average Bonchev–Trinajstić information content (AvgIpc) is 3.34. The molecule has 0 saturated carbocycles. The van der Waals surface area contributed by atoms with Crippen LogP contribution < -0.4 is 10.6 Å². The van der Waals surface area contributed by atoms with Gasteiger partial charge in [-0.05, 0) is 43.2 Å². The Bertz CT molecular complexity index is 1260. The van der Waals surface area contributed by atoms with Gasteiger partial charge in [-0.2, -0.15) is 4.31 Å². The van der Waals surface area contributed by atoms with Gasteiger partial charge < -0.3 is 10.6 Å². The molecule has 1 amide bonds. The topological polar surface area (TPSA) is 147 Å². The van der Waals surface area contributed by atoms with Crippen LogP contribution in [0.15, 0.2) is 59.1 Å². The van der Waals surface area contributed by atoms with Gasteiger partial charge in [-0.25, -0.2) is 18.4 Å². The highest BCUT2D eigenvalue weighted by molar-refractivity contribution is 7.91. The van der Waals surface area contributed by atoms with Crippen molar-refractivity contribution in [2.24, 2.45) is 0 Å². The molecule has 178 valence electrons. The van der Waals surface area contributed by atoms with Gasteiger partial charge >= 0.3 is 0 Å². The predicted molar refractivity (Wildman–Crippen MR) is 126 cm³/mol. The lowest BCUT2D eigenvalue weighted by Gasteiger charge is -2.31. The molecule has 1 fully saturated rings. The van der Waals surface area contributed by atoms with Crippen LogP contribution in [0.2, 0.25) is 0 Å². The van der Waals surface area contributed by atoms with Gasteiger partial charge in [-0.3, -0.25) is 14.9 Å². The molecule has 0 aliphatic carbocycles. The highest BCUT2D eigenvalue weighted by atomic mass is 32.2. The average molecular weight is 503 g/mol. The Hall–Kier alpha value is -3.42. The number of carbonyl (C=O) groups excluding carboxylic acids is 1. The first-order valence-electron chi connectivity index (χ1n) is 10.5. The molecule has 1 aliphatic heterocycles. The monoisotopic (exact) mass is 502 g/mol. The second-order valence-corrected chi connectivity index (χ2v) is 10.9. The lowest BCUT2D eigenvalue weighted by atomic mass is 10.1. The molecule has 0 bridgehead atoms. The van der Waals surface area contributed by atoms with Crippen molar-refractivity contribution in [3.05, 3.63) is 75.4 Å². The number of non-ortho nitro benzene ring substituents is 1. The Morgan fingerprint density at radius 1 is 1.12 bits per heavy atom. The van der Waals surface area contributed by atoms with Crippen molar-refractivity contribution in [2.75, 3.05) is 18.4 Å². The zero-order valence-corrected chi connectivity index (χ0v) is 19.6. The van der Waals surface area contributed by atoms with Gasteiger partial charge in [0.15, 0.2) is 0 Å². The van der Waals surface area contributed by atoms with E-state index >= 15 is 0 Å². The molecule has 0 unspecified atom stereocenters. The number of nitro groups is 1. The van der Waals surface area contributed by atoms with Gasteiger partial charge in [0.2, 0.25) is 5.95 Å². The minimum absolute atomic E-state index is 0.0992. The van der Waals surface area contributed by atoms with E-state index in [9.17, 15) is 23.3 Å². The maximum atomic E-state index is 13.1. The van der Waals surface area contributed by atoms with Crippen molar-refractivity contribution in [2.45, 2.75) is 29.6 Å². The van der Waals surface area contributed by atoms with Crippen LogP contribution in [0.25, 0.3) is 0 Å². The van der Waals surface area contributed by atoms with Crippen LogP contribution >= 0.6 is 11.3 Å². The summed E-state index contributed by atoms with van der Waals surface area (Å²) in [5.41, 5.74) is 0.185. The highest BCUT2D eigenvalue weighted by Gasteiger charge is 2.30. The number of hydrogen-bond acceptors (Lipinski definition) is 9. The summed E-state index contributed by atoms with van der Waals surface area (Å²) >= 11 is 1.11. The SMILES string of the molecule is O=C(NCc1ccc(S(=O)(=O)N2CCC(Nc3ncccn3)CC2)s1)c1ccc([N+](=O)[O-])cc1. The first-order chi connectivity index (χ1) is 16.3. The molecule has 2 N–H and O–H groups in total. The number of rotatable bonds is 8. The first kappa shape index (κ1) is 23.7. The summed E-state index contributed by atoms with van der Waals surface area (Å²) in [5.74, 6) is 0.132. The quantitative estimate of drug-likeness (QED) is 0.353. The van der Waals surface area contributed by atoms with E-state index in [1.807, 2.05) is 0 Å². The molecule has 0 atom stereocenters. The zero-order valence-electron chi connectivity index (χ0n) is 18.0. The van der Waals surface area contributed by atoms with Crippen LogP contribution in [0.5, 0.6) is 0 Å². The number of amides is 1. The number of nitro benzene ring substituents is 1. The fourth-order valence-corrected chi connectivity index (χ4v) is 6.44. The van der Waals surface area contributed by atoms with Crippen molar-refractivity contribution in [1.82, 2.24) is 19.6 Å². The summed E-state index contributed by atoms with van der Waals surface area (Å²) in [6.45, 7) is 0.924. The third-order valence-corrected chi connectivity index (χ3v) is 8.80. The summed E-state index contributed by atoms with van der Waals surface area (Å²) in [6.07, 6.45) is 4.58. The normalized spacial score (nSPS) is 15.1. The largest absolute Gasteiger partial charge is 0.351 e. The van der Waals surface area contributed by atoms with Crippen molar-refractivity contribution < 1.29 is 18.1 Å². The number of thiophene rings is 1. The standard InChI is InChI=1S/C21H22N6O5S2/c28-20(15-2-4-17(5-3-15)27(29)30)24-14-18-6-7-19(33-18)34(31,32)26-12-8-16(9-13-26)25-21-22-10-1-11-23-21/h1-7,10-11,16H,8-9,12-14H2,(H,24,28)(H,22,23,25). The second-order valence-electron chi connectivity index (χ2n) is 7.60. The highest BCUT2D eigenvalue weighted by Crippen LogP contribution is 2.27. The van der Waals surface area contributed by atoms with Gasteiger partial charge in [0.05, 0.1) is 11.5 Å². The molecule has 13 heteroatoms. The van der Waals surface area contributed by atoms with Gasteiger partial charge in [-0.15, -0.1) is 11.3 Å². The van der Waals surface area contributed by atoms with Crippen molar-refractivity contribution >= 4 is 38.9 Å². The predicted octanol–water partition coefficient (Wildman–Crippen LogP) is 2.64. The summed E-state index contributed by atoms with van der Waals surface area (Å²) in [7, 11) is -3.62. The van der Waals surface area contributed by atoms with Crippen LogP contribution in [-0.2, 0) is 16.6 Å². The van der Waals surface area contributed by atoms with E-state index in [1.54, 1.807) is 30.6 Å². The molecule has 11 nitrogen and oxygen atoms in total. The number of aromatic nitrogens is 2. The molecule has 1 aliphatic rings. The molecular weight excluding hydrogens is 480 g/mol. The molecular formula is C21H22N6O5S2. The van der Waals surface area contributed by atoms with Gasteiger partial charge in [0.25, 0.3) is 21.6 Å². The lowest BCUT2D eigenvalue weighted by Crippen LogP contribution is -2.42. The second kappa shape index (κ2) is 10.2. The Kier molecular flexibility index (Phi) is 7.14. The molecule has 1 saturated heterocycles. The first-order valence-corrected chi connectivity index (χ1v) is 12.7. The molecule has 0 spiro atoms. The van der Waals surface area contributed by atoms with Gasteiger partial charge in [-0.1, -0.05) is 0 Å². The number of benzene rings is 1. The fourth-order valence-electron chi connectivity index (χ4n) is 3.52. The molecule has 34 heavy (non-hydrogen) atoms. The third-order valence-electron chi connectivity index (χ3n) is 5.35. The molecule has 4 rings (SSSR count). The lowest BCUT2D eigenvalue weighted by molar-refractivity contribution is -0.384. The smallest absolute Gasteiger partial charge is 0.269 e. The van der Waals surface area contributed by atoms with E-state index in [0.717, 1.165) is 11.3 Å². The summed E-state index contributed by atoms with van der Waals surface area (Å²) in [5, 5.41) is 16.7. The summed E-state index contributed by atoms with van der Waals surface area (Å²) in [4.78, 5) is 31.5. The fraction of sp³-hybridized carbons (Fsp3) is 0.286. The molecule has 0 radical (unpaired) electrons. The van der Waals surface area contributed by atoms with E-state index < -0.39 is 20.9 Å². The van der Waals surface area contributed by atoms with E-state index in [2.05, 4.69) is 20.6 Å². The Morgan fingerprint density at radius 2 is 1.79 bits per heavy atom. The van der Waals surface area contributed by atoms with Gasteiger partial charge in [0, 0.05) is 54.1 Å². The molecule has 3 heterocycles. The van der Waals surface area contributed by atoms with Crippen LogP contribution in [0, 0.1) is 10.1 Å². The molecule has 3 aromatic rings. The maximum Gasteiger partial charge on any atom is 0.269 e. The minimum atomic E-state index is -3.62. The Morgan fingerprint density at radius 3 is 2.44 bits per heavy atom. The third kappa shape index (κ3) is 5.55. The van der Waals surface area contributed by atoms with Gasteiger partial charge in [0.1, 0.15) is 4.21 Å². The Labute approximate surface area is 200 Å². The number of sulfonamides is 1. The van der Waals surface area contributed by atoms with Crippen LogP contribution in [0.4, 0.5) is 11.6 Å². The Balaban J connectivity index is 1.31. The van der Waals surface area contributed by atoms with E-state index in [4.69, 9.17) is 0 Å². The van der Waals surface area contributed by atoms with Crippen LogP contribution in [-0.4, -0.2) is 52.7 Å². The maximum absolute atomic E-state index is 13.1. The van der Waals surface area contributed by atoms with Crippen molar-refractivity contribution in [3.63, 3.8) is 0 Å². The number of nitrogens with one attached hydrogen (secondary N) is 2. The number of hydrogen-bond donors (Lipinski definition) is 2. The number of piperidine rings is 1.